The zero-order chi connectivity index (χ0) is 13.2. The van der Waals surface area contributed by atoms with Crippen LogP contribution >= 0.6 is 15.9 Å². The van der Waals surface area contributed by atoms with Crippen LogP contribution in [0.25, 0.3) is 10.8 Å². The molecule has 3 nitrogen and oxygen atoms in total. The summed E-state index contributed by atoms with van der Waals surface area (Å²) in [6.45, 7) is 0.475. The number of benzene rings is 2. The molecule has 1 heterocycles. The topological polar surface area (TPSA) is 34.9 Å². The molecule has 0 bridgehead atoms. The molecule has 0 aliphatic rings. The molecule has 0 aliphatic heterocycles. The molecule has 0 saturated carbocycles. The van der Waals surface area contributed by atoms with E-state index in [0.29, 0.717) is 11.9 Å². The molecular weight excluding hydrogens is 304 g/mol. The molecule has 3 aromatic rings. The Hall–Kier alpha value is -1.94. The van der Waals surface area contributed by atoms with E-state index in [0.717, 1.165) is 15.4 Å². The van der Waals surface area contributed by atoms with Crippen LogP contribution in [0.5, 0.6) is 0 Å². The summed E-state index contributed by atoms with van der Waals surface area (Å²) in [7, 11) is 0. The third-order valence-electron chi connectivity index (χ3n) is 2.98. The highest BCUT2D eigenvalue weighted by atomic mass is 79.9. The van der Waals surface area contributed by atoms with Gasteiger partial charge in [0.25, 0.3) is 5.56 Å². The molecule has 1 aromatic heterocycles. The van der Waals surface area contributed by atoms with Gasteiger partial charge in [-0.25, -0.2) is 4.68 Å². The average Bonchev–Trinajstić information content (AvgIpc) is 2.42. The van der Waals surface area contributed by atoms with Crippen molar-refractivity contribution in [1.82, 2.24) is 9.78 Å². The van der Waals surface area contributed by atoms with Gasteiger partial charge < -0.3 is 0 Å². The Morgan fingerprint density at radius 2 is 1.95 bits per heavy atom. The van der Waals surface area contributed by atoms with Crippen molar-refractivity contribution in [1.29, 1.82) is 0 Å². The third kappa shape index (κ3) is 2.44. The van der Waals surface area contributed by atoms with Crippen LogP contribution in [-0.2, 0) is 6.54 Å². The van der Waals surface area contributed by atoms with Crippen molar-refractivity contribution in [3.05, 3.63) is 75.1 Å². The Morgan fingerprint density at radius 1 is 1.11 bits per heavy atom. The highest BCUT2D eigenvalue weighted by Crippen LogP contribution is 2.12. The summed E-state index contributed by atoms with van der Waals surface area (Å²) in [6, 6.07) is 15.4. The van der Waals surface area contributed by atoms with E-state index < -0.39 is 0 Å². The summed E-state index contributed by atoms with van der Waals surface area (Å²) in [4.78, 5) is 12.3. The van der Waals surface area contributed by atoms with Gasteiger partial charge in [-0.05, 0) is 23.8 Å². The van der Waals surface area contributed by atoms with Crippen molar-refractivity contribution in [2.75, 3.05) is 0 Å². The Labute approximate surface area is 118 Å². The number of fused-ring (bicyclic) bond motifs is 1. The van der Waals surface area contributed by atoms with E-state index in [-0.39, 0.29) is 5.56 Å². The van der Waals surface area contributed by atoms with Gasteiger partial charge in [0, 0.05) is 9.86 Å². The fourth-order valence-corrected chi connectivity index (χ4v) is 2.50. The van der Waals surface area contributed by atoms with Crippen LogP contribution in [0.1, 0.15) is 5.56 Å². The van der Waals surface area contributed by atoms with Gasteiger partial charge in [0.1, 0.15) is 0 Å². The number of hydrogen-bond acceptors (Lipinski definition) is 2. The maximum atomic E-state index is 12.3. The van der Waals surface area contributed by atoms with Crippen LogP contribution < -0.4 is 5.56 Å². The van der Waals surface area contributed by atoms with E-state index in [9.17, 15) is 4.79 Å². The standard InChI is InChI=1S/C15H11BrN2O/c16-13-6-3-4-11(8-13)10-18-15(19)14-7-2-1-5-12(14)9-17-18/h1-9H,10H2. The highest BCUT2D eigenvalue weighted by Gasteiger charge is 2.04. The van der Waals surface area contributed by atoms with Gasteiger partial charge in [-0.2, -0.15) is 5.10 Å². The monoisotopic (exact) mass is 314 g/mol. The lowest BCUT2D eigenvalue weighted by Crippen LogP contribution is -2.23. The summed E-state index contributed by atoms with van der Waals surface area (Å²) in [5, 5.41) is 5.79. The van der Waals surface area contributed by atoms with E-state index in [2.05, 4.69) is 21.0 Å². The Morgan fingerprint density at radius 3 is 2.79 bits per heavy atom. The second-order valence-electron chi connectivity index (χ2n) is 4.32. The molecule has 4 heteroatoms. The second-order valence-corrected chi connectivity index (χ2v) is 5.24. The van der Waals surface area contributed by atoms with Gasteiger partial charge in [-0.15, -0.1) is 0 Å². The van der Waals surface area contributed by atoms with Crippen molar-refractivity contribution in [2.45, 2.75) is 6.54 Å². The van der Waals surface area contributed by atoms with Gasteiger partial charge in [0.05, 0.1) is 18.1 Å². The maximum Gasteiger partial charge on any atom is 0.274 e. The lowest BCUT2D eigenvalue weighted by atomic mass is 10.2. The van der Waals surface area contributed by atoms with Crippen LogP contribution in [0.2, 0.25) is 0 Å². The quantitative estimate of drug-likeness (QED) is 0.728. The van der Waals surface area contributed by atoms with Gasteiger partial charge in [0.2, 0.25) is 0 Å². The molecule has 3 rings (SSSR count). The number of hydrogen-bond donors (Lipinski definition) is 0. The van der Waals surface area contributed by atoms with Gasteiger partial charge in [-0.1, -0.05) is 46.3 Å². The fraction of sp³-hybridized carbons (Fsp3) is 0.0667. The summed E-state index contributed by atoms with van der Waals surface area (Å²) in [6.07, 6.45) is 1.73. The lowest BCUT2D eigenvalue weighted by molar-refractivity contribution is 0.647. The maximum absolute atomic E-state index is 12.3. The first-order valence-electron chi connectivity index (χ1n) is 5.93. The van der Waals surface area contributed by atoms with Crippen LogP contribution in [0, 0.1) is 0 Å². The summed E-state index contributed by atoms with van der Waals surface area (Å²) in [5.74, 6) is 0. The fourth-order valence-electron chi connectivity index (χ4n) is 2.05. The number of rotatable bonds is 2. The van der Waals surface area contributed by atoms with Crippen LogP contribution in [-0.4, -0.2) is 9.78 Å². The van der Waals surface area contributed by atoms with Crippen LogP contribution in [0.3, 0.4) is 0 Å². The van der Waals surface area contributed by atoms with E-state index in [1.54, 1.807) is 6.20 Å². The predicted molar refractivity (Wildman–Crippen MR) is 79.2 cm³/mol. The van der Waals surface area contributed by atoms with E-state index in [1.807, 2.05) is 48.5 Å². The molecule has 2 aromatic carbocycles. The summed E-state index contributed by atoms with van der Waals surface area (Å²) >= 11 is 3.43. The molecule has 0 N–H and O–H groups in total. The SMILES string of the molecule is O=c1c2ccccc2cnn1Cc1cccc(Br)c1. The van der Waals surface area contributed by atoms with Gasteiger partial charge in [-0.3, -0.25) is 4.79 Å². The molecule has 0 unspecified atom stereocenters. The minimum Gasteiger partial charge on any atom is -0.267 e. The van der Waals surface area contributed by atoms with Crippen molar-refractivity contribution < 1.29 is 0 Å². The molecule has 0 radical (unpaired) electrons. The minimum atomic E-state index is -0.0573. The molecule has 0 amide bonds. The Bertz CT molecular complexity index is 795. The third-order valence-corrected chi connectivity index (χ3v) is 3.48. The second kappa shape index (κ2) is 4.97. The zero-order valence-electron chi connectivity index (χ0n) is 10.1. The van der Waals surface area contributed by atoms with Crippen molar-refractivity contribution in [3.8, 4) is 0 Å². The average molecular weight is 315 g/mol. The predicted octanol–water partition coefficient (Wildman–Crippen LogP) is 3.21. The largest absolute Gasteiger partial charge is 0.274 e. The minimum absolute atomic E-state index is 0.0573. The molecule has 0 aliphatic carbocycles. The first-order chi connectivity index (χ1) is 9.24. The van der Waals surface area contributed by atoms with Crippen LogP contribution in [0.4, 0.5) is 0 Å². The summed E-state index contributed by atoms with van der Waals surface area (Å²) < 4.78 is 2.49. The lowest BCUT2D eigenvalue weighted by Gasteiger charge is -2.06. The van der Waals surface area contributed by atoms with Crippen molar-refractivity contribution >= 4 is 26.7 Å². The molecule has 0 fully saturated rings. The molecule has 19 heavy (non-hydrogen) atoms. The van der Waals surface area contributed by atoms with E-state index in [1.165, 1.54) is 4.68 Å². The molecular formula is C15H11BrN2O. The summed E-state index contributed by atoms with van der Waals surface area (Å²) in [5.41, 5.74) is 0.984. The highest BCUT2D eigenvalue weighted by molar-refractivity contribution is 9.10. The normalized spacial score (nSPS) is 10.8. The van der Waals surface area contributed by atoms with Crippen LogP contribution in [0.15, 0.2) is 64.0 Å². The van der Waals surface area contributed by atoms with Gasteiger partial charge in [0.15, 0.2) is 0 Å². The molecule has 94 valence electrons. The number of halogens is 1. The molecule has 0 spiro atoms. The van der Waals surface area contributed by atoms with E-state index >= 15 is 0 Å². The first-order valence-corrected chi connectivity index (χ1v) is 6.73. The zero-order valence-corrected chi connectivity index (χ0v) is 11.7. The van der Waals surface area contributed by atoms with Crippen molar-refractivity contribution in [3.63, 3.8) is 0 Å². The molecule has 0 saturated heterocycles. The van der Waals surface area contributed by atoms with Crippen molar-refractivity contribution in [2.24, 2.45) is 0 Å². The molecule has 0 atom stereocenters. The van der Waals surface area contributed by atoms with Gasteiger partial charge >= 0.3 is 0 Å². The number of aromatic nitrogens is 2. The van der Waals surface area contributed by atoms with E-state index in [4.69, 9.17) is 0 Å². The smallest absolute Gasteiger partial charge is 0.267 e. The Kier molecular flexibility index (Phi) is 3.17. The first kappa shape index (κ1) is 12.1. The Balaban J connectivity index is 2.06. The number of nitrogens with zero attached hydrogens (tertiary/aromatic N) is 2.